The summed E-state index contributed by atoms with van der Waals surface area (Å²) in [7, 11) is 0. The molecule has 0 saturated heterocycles. The minimum Gasteiger partial charge on any atom is -0.496 e. The van der Waals surface area contributed by atoms with Crippen LogP contribution in [0.15, 0.2) is 49.1 Å². The summed E-state index contributed by atoms with van der Waals surface area (Å²) < 4.78 is 45.0. The largest absolute Gasteiger partial charge is 1.00 e. The SMILES string of the molecule is C=CCCOc1ccc2ccccc2c1[B-](F)(F)F.[K+]. The number of halogens is 3. The van der Waals surface area contributed by atoms with Crippen molar-refractivity contribution in [1.29, 1.82) is 0 Å². The smallest absolute Gasteiger partial charge is 0.496 e. The fourth-order valence-corrected chi connectivity index (χ4v) is 1.99. The molecule has 0 saturated carbocycles. The van der Waals surface area contributed by atoms with Gasteiger partial charge in [-0.1, -0.05) is 41.9 Å². The summed E-state index contributed by atoms with van der Waals surface area (Å²) in [4.78, 5) is 0. The molecule has 0 atom stereocenters. The van der Waals surface area contributed by atoms with Crippen LogP contribution in [-0.2, 0) is 0 Å². The zero-order valence-corrected chi connectivity index (χ0v) is 14.4. The van der Waals surface area contributed by atoms with Crippen LogP contribution >= 0.6 is 0 Å². The third-order valence-electron chi connectivity index (χ3n) is 2.84. The third-order valence-corrected chi connectivity index (χ3v) is 2.84. The predicted octanol–water partition coefficient (Wildman–Crippen LogP) is 0.853. The maximum Gasteiger partial charge on any atom is 1.00 e. The van der Waals surface area contributed by atoms with E-state index in [0.29, 0.717) is 11.8 Å². The first kappa shape index (κ1) is 17.8. The number of benzene rings is 2. The third kappa shape index (κ3) is 4.11. The Hall–Kier alpha value is -0.269. The second-order valence-electron chi connectivity index (χ2n) is 4.20. The fraction of sp³-hybridized carbons (Fsp3) is 0.143. The van der Waals surface area contributed by atoms with Crippen LogP contribution < -0.4 is 61.6 Å². The van der Waals surface area contributed by atoms with Crippen molar-refractivity contribution in [2.24, 2.45) is 0 Å². The van der Waals surface area contributed by atoms with Gasteiger partial charge in [0.1, 0.15) is 0 Å². The Kier molecular flexibility index (Phi) is 6.81. The van der Waals surface area contributed by atoms with Crippen molar-refractivity contribution in [2.75, 3.05) is 6.61 Å². The minimum atomic E-state index is -5.12. The number of fused-ring (bicyclic) bond motifs is 1. The first-order chi connectivity index (χ1) is 9.04. The second-order valence-corrected chi connectivity index (χ2v) is 4.20. The summed E-state index contributed by atoms with van der Waals surface area (Å²) in [5.41, 5.74) is -0.651. The average molecular weight is 304 g/mol. The van der Waals surface area contributed by atoms with Crippen molar-refractivity contribution in [3.05, 3.63) is 49.1 Å². The molecule has 100 valence electrons. The molecule has 0 aromatic heterocycles. The number of rotatable bonds is 5. The molecule has 0 radical (unpaired) electrons. The zero-order valence-electron chi connectivity index (χ0n) is 11.3. The Balaban J connectivity index is 0.00000200. The van der Waals surface area contributed by atoms with Gasteiger partial charge in [0.05, 0.1) is 12.4 Å². The molecule has 0 spiro atoms. The van der Waals surface area contributed by atoms with Crippen LogP contribution in [0, 0.1) is 0 Å². The molecule has 0 aliphatic carbocycles. The zero-order chi connectivity index (χ0) is 13.9. The van der Waals surface area contributed by atoms with E-state index in [4.69, 9.17) is 4.74 Å². The molecule has 2 rings (SSSR count). The average Bonchev–Trinajstić information content (AvgIpc) is 2.37. The van der Waals surface area contributed by atoms with Gasteiger partial charge in [-0.2, -0.15) is 0 Å². The first-order valence-electron chi connectivity index (χ1n) is 5.99. The van der Waals surface area contributed by atoms with Gasteiger partial charge in [-0.3, -0.25) is 0 Å². The van der Waals surface area contributed by atoms with Crippen molar-refractivity contribution in [2.45, 2.75) is 6.42 Å². The second kappa shape index (κ2) is 7.66. The Morgan fingerprint density at radius 2 is 1.80 bits per heavy atom. The van der Waals surface area contributed by atoms with Gasteiger partial charge in [0.25, 0.3) is 0 Å². The van der Waals surface area contributed by atoms with Gasteiger partial charge in [0.15, 0.2) is 0 Å². The normalized spacial score (nSPS) is 10.9. The van der Waals surface area contributed by atoms with Crippen molar-refractivity contribution in [3.63, 3.8) is 0 Å². The van der Waals surface area contributed by atoms with E-state index in [1.165, 1.54) is 12.1 Å². The van der Waals surface area contributed by atoms with Crippen molar-refractivity contribution in [3.8, 4) is 5.75 Å². The van der Waals surface area contributed by atoms with Gasteiger partial charge in [0.2, 0.25) is 0 Å². The summed E-state index contributed by atoms with van der Waals surface area (Å²) in [5.74, 6) is -0.104. The van der Waals surface area contributed by atoms with Gasteiger partial charge in [-0.05, 0) is 23.3 Å². The molecule has 2 aromatic rings. The molecule has 1 nitrogen and oxygen atoms in total. The molecule has 0 N–H and O–H groups in total. The van der Waals surface area contributed by atoms with Crippen LogP contribution in [0.3, 0.4) is 0 Å². The molecular formula is C14H13BF3KO. The van der Waals surface area contributed by atoms with Gasteiger partial charge < -0.3 is 17.7 Å². The van der Waals surface area contributed by atoms with E-state index in [0.717, 1.165) is 0 Å². The van der Waals surface area contributed by atoms with Crippen LogP contribution in [0.2, 0.25) is 0 Å². The molecule has 0 amide bonds. The van der Waals surface area contributed by atoms with Crippen LogP contribution in [0.1, 0.15) is 6.42 Å². The predicted molar refractivity (Wildman–Crippen MR) is 73.0 cm³/mol. The molecule has 0 fully saturated rings. The van der Waals surface area contributed by atoms with Crippen molar-refractivity contribution >= 4 is 23.2 Å². The van der Waals surface area contributed by atoms with E-state index in [2.05, 4.69) is 6.58 Å². The minimum absolute atomic E-state index is 0. The van der Waals surface area contributed by atoms with E-state index in [9.17, 15) is 12.9 Å². The fourth-order valence-electron chi connectivity index (χ4n) is 1.99. The topological polar surface area (TPSA) is 9.23 Å². The Morgan fingerprint density at radius 1 is 1.10 bits per heavy atom. The number of ether oxygens (including phenoxy) is 1. The number of hydrogen-bond acceptors (Lipinski definition) is 1. The Bertz CT molecular complexity index is 598. The van der Waals surface area contributed by atoms with Gasteiger partial charge in [0, 0.05) is 0 Å². The van der Waals surface area contributed by atoms with Crippen molar-refractivity contribution in [1.82, 2.24) is 0 Å². The molecule has 2 aromatic carbocycles. The molecular weight excluding hydrogens is 291 g/mol. The van der Waals surface area contributed by atoms with Crippen LogP contribution in [0.5, 0.6) is 5.75 Å². The van der Waals surface area contributed by atoms with E-state index in [1.54, 1.807) is 30.3 Å². The molecule has 0 unspecified atom stereocenters. The maximum atomic E-state index is 13.2. The van der Waals surface area contributed by atoms with Gasteiger partial charge in [-0.15, -0.1) is 6.58 Å². The van der Waals surface area contributed by atoms with E-state index in [-0.39, 0.29) is 69.1 Å². The maximum absolute atomic E-state index is 13.2. The first-order valence-corrected chi connectivity index (χ1v) is 5.99. The Labute approximate surface area is 158 Å². The summed E-state index contributed by atoms with van der Waals surface area (Å²) in [6.45, 7) is -1.41. The monoisotopic (exact) mass is 304 g/mol. The van der Waals surface area contributed by atoms with Gasteiger partial charge in [-0.25, -0.2) is 0 Å². The Morgan fingerprint density at radius 3 is 2.45 bits per heavy atom. The van der Waals surface area contributed by atoms with Crippen LogP contribution in [-0.4, -0.2) is 13.6 Å². The van der Waals surface area contributed by atoms with Crippen LogP contribution in [0.25, 0.3) is 10.8 Å². The molecule has 0 heterocycles. The van der Waals surface area contributed by atoms with E-state index in [1.807, 2.05) is 0 Å². The summed E-state index contributed by atoms with van der Waals surface area (Å²) in [5, 5.41) is 0.749. The summed E-state index contributed by atoms with van der Waals surface area (Å²) >= 11 is 0. The molecule has 0 bridgehead atoms. The quantitative estimate of drug-likeness (QED) is 0.452. The number of hydrogen-bond donors (Lipinski definition) is 0. The van der Waals surface area contributed by atoms with Crippen molar-refractivity contribution < 1.29 is 69.1 Å². The molecule has 0 aliphatic heterocycles. The molecule has 20 heavy (non-hydrogen) atoms. The van der Waals surface area contributed by atoms with Gasteiger partial charge >= 0.3 is 58.4 Å². The summed E-state index contributed by atoms with van der Waals surface area (Å²) in [6, 6.07) is 9.48. The van der Waals surface area contributed by atoms with Crippen LogP contribution in [0.4, 0.5) is 12.9 Å². The van der Waals surface area contributed by atoms with E-state index >= 15 is 0 Å². The molecule has 0 aliphatic rings. The van der Waals surface area contributed by atoms with E-state index < -0.39 is 12.4 Å². The standard InChI is InChI=1S/C14H13BF3O.K/c1-2-3-10-19-13-9-8-11-6-4-5-7-12(11)14(13)15(16,17)18;/h2,4-9H,1,3,10H2;/q-1;+1. The summed E-state index contributed by atoms with van der Waals surface area (Å²) in [6.07, 6.45) is 2.12. The molecule has 6 heteroatoms.